The second-order valence-corrected chi connectivity index (χ2v) is 5.64. The number of aromatic nitrogens is 2. The van der Waals surface area contributed by atoms with E-state index >= 15 is 0 Å². The zero-order valence-electron chi connectivity index (χ0n) is 12.7. The third-order valence-electron chi connectivity index (χ3n) is 4.07. The fourth-order valence-corrected chi connectivity index (χ4v) is 2.89. The van der Waals surface area contributed by atoms with Crippen LogP contribution < -0.4 is 5.32 Å². The van der Waals surface area contributed by atoms with Gasteiger partial charge in [-0.15, -0.1) is 0 Å². The monoisotopic (exact) mass is 300 g/mol. The summed E-state index contributed by atoms with van der Waals surface area (Å²) in [6.45, 7) is 4.00. The molecule has 3 rings (SSSR count). The maximum absolute atomic E-state index is 12.3. The number of fused-ring (bicyclic) bond motifs is 1. The van der Waals surface area contributed by atoms with Crippen molar-refractivity contribution in [2.45, 2.75) is 26.2 Å². The highest BCUT2D eigenvalue weighted by atomic mass is 16.2. The van der Waals surface area contributed by atoms with E-state index in [2.05, 4.69) is 10.4 Å². The molecule has 0 spiro atoms. The van der Waals surface area contributed by atoms with Gasteiger partial charge in [0.05, 0.1) is 17.3 Å². The number of carbonyl (C=O) groups is 2. The van der Waals surface area contributed by atoms with Crippen molar-refractivity contribution in [3.8, 4) is 0 Å². The number of rotatable bonds is 4. The lowest BCUT2D eigenvalue weighted by molar-refractivity contribution is -0.129. The molecule has 6 heteroatoms. The number of hydrogen-bond donors (Lipinski definition) is 1. The van der Waals surface area contributed by atoms with E-state index in [1.54, 1.807) is 10.7 Å². The third-order valence-corrected chi connectivity index (χ3v) is 4.07. The fourth-order valence-electron chi connectivity index (χ4n) is 2.89. The summed E-state index contributed by atoms with van der Waals surface area (Å²) < 4.78 is 1.69. The highest BCUT2D eigenvalue weighted by Crippen LogP contribution is 2.15. The number of amides is 2. The molecule has 0 atom stereocenters. The van der Waals surface area contributed by atoms with Crippen molar-refractivity contribution in [2.75, 3.05) is 19.6 Å². The van der Waals surface area contributed by atoms with Crippen molar-refractivity contribution in [3.63, 3.8) is 0 Å². The number of hydrogen-bond acceptors (Lipinski definition) is 3. The molecule has 1 aliphatic heterocycles. The Labute approximate surface area is 129 Å². The quantitative estimate of drug-likeness (QED) is 0.928. The molecular weight excluding hydrogens is 280 g/mol. The van der Waals surface area contributed by atoms with E-state index in [0.29, 0.717) is 18.5 Å². The van der Waals surface area contributed by atoms with Crippen molar-refractivity contribution in [2.24, 2.45) is 0 Å². The molecule has 22 heavy (non-hydrogen) atoms. The second-order valence-electron chi connectivity index (χ2n) is 5.64. The lowest BCUT2D eigenvalue weighted by Crippen LogP contribution is -2.32. The van der Waals surface area contributed by atoms with Crippen LogP contribution >= 0.6 is 0 Å². The average Bonchev–Trinajstić information content (AvgIpc) is 3.17. The normalized spacial score (nSPS) is 14.5. The Balaban J connectivity index is 1.60. The van der Waals surface area contributed by atoms with E-state index in [1.165, 1.54) is 0 Å². The maximum atomic E-state index is 12.3. The molecule has 1 aliphatic rings. The maximum Gasteiger partial charge on any atom is 0.255 e. The first-order valence-electron chi connectivity index (χ1n) is 7.66. The Hall–Kier alpha value is -2.37. The van der Waals surface area contributed by atoms with E-state index in [9.17, 15) is 9.59 Å². The number of nitrogens with one attached hydrogen (secondary N) is 1. The Morgan fingerprint density at radius 3 is 2.86 bits per heavy atom. The second kappa shape index (κ2) is 6.17. The summed E-state index contributed by atoms with van der Waals surface area (Å²) in [7, 11) is 0. The predicted octanol–water partition coefficient (Wildman–Crippen LogP) is 1.39. The summed E-state index contributed by atoms with van der Waals surface area (Å²) in [5, 5.41) is 7.01. The molecule has 0 radical (unpaired) electrons. The first-order valence-corrected chi connectivity index (χ1v) is 7.66. The van der Waals surface area contributed by atoms with Crippen molar-refractivity contribution in [1.82, 2.24) is 19.8 Å². The summed E-state index contributed by atoms with van der Waals surface area (Å²) in [6, 6.07) is 3.84. The van der Waals surface area contributed by atoms with Crippen molar-refractivity contribution in [1.29, 1.82) is 0 Å². The molecule has 1 fully saturated rings. The Morgan fingerprint density at radius 2 is 2.09 bits per heavy atom. The van der Waals surface area contributed by atoms with Gasteiger partial charge >= 0.3 is 0 Å². The molecule has 1 saturated heterocycles. The summed E-state index contributed by atoms with van der Waals surface area (Å²) in [4.78, 5) is 26.1. The average molecular weight is 300 g/mol. The lowest BCUT2D eigenvalue weighted by Gasteiger charge is -2.15. The fraction of sp³-hybridized carbons (Fsp3) is 0.438. The molecule has 0 unspecified atom stereocenters. The van der Waals surface area contributed by atoms with Crippen LogP contribution in [0.3, 0.4) is 0 Å². The van der Waals surface area contributed by atoms with E-state index in [1.807, 2.05) is 30.2 Å². The van der Waals surface area contributed by atoms with Crippen LogP contribution in [0.15, 0.2) is 24.5 Å². The van der Waals surface area contributed by atoms with Crippen LogP contribution in [0, 0.1) is 6.92 Å². The highest BCUT2D eigenvalue weighted by Gasteiger charge is 2.18. The van der Waals surface area contributed by atoms with Crippen LogP contribution in [0.25, 0.3) is 5.52 Å². The lowest BCUT2D eigenvalue weighted by atomic mass is 10.1. The van der Waals surface area contributed by atoms with Gasteiger partial charge in [0, 0.05) is 32.3 Å². The molecule has 2 amide bonds. The number of nitrogens with zero attached hydrogens (tertiary/aromatic N) is 3. The minimum Gasteiger partial charge on any atom is -0.351 e. The van der Waals surface area contributed by atoms with Gasteiger partial charge < -0.3 is 10.2 Å². The molecule has 0 aromatic carbocycles. The zero-order valence-corrected chi connectivity index (χ0v) is 12.7. The Bertz CT molecular complexity index is 701. The van der Waals surface area contributed by atoms with Crippen LogP contribution in [0.5, 0.6) is 0 Å². The van der Waals surface area contributed by atoms with Crippen LogP contribution in [-0.2, 0) is 4.79 Å². The Morgan fingerprint density at radius 1 is 1.32 bits per heavy atom. The molecule has 0 bridgehead atoms. The third kappa shape index (κ3) is 2.81. The standard InChI is InChI=1S/C16H20N4O2/c1-12-5-4-10-20-15(12)13(11-18-20)16(22)17-7-6-14(21)19-8-2-3-9-19/h4-5,10-11H,2-3,6-9H2,1H3,(H,17,22). The van der Waals surface area contributed by atoms with Crippen LogP contribution in [0.4, 0.5) is 0 Å². The molecule has 1 N–H and O–H groups in total. The van der Waals surface area contributed by atoms with Crippen molar-refractivity contribution < 1.29 is 9.59 Å². The van der Waals surface area contributed by atoms with Gasteiger partial charge in [0.2, 0.25) is 5.91 Å². The first-order chi connectivity index (χ1) is 10.7. The van der Waals surface area contributed by atoms with Gasteiger partial charge in [0.25, 0.3) is 5.91 Å². The molecule has 3 heterocycles. The van der Waals surface area contributed by atoms with Gasteiger partial charge in [-0.25, -0.2) is 4.52 Å². The van der Waals surface area contributed by atoms with Crippen molar-refractivity contribution in [3.05, 3.63) is 35.7 Å². The van der Waals surface area contributed by atoms with E-state index in [0.717, 1.165) is 37.0 Å². The molecule has 2 aromatic heterocycles. The van der Waals surface area contributed by atoms with Gasteiger partial charge in [-0.1, -0.05) is 6.07 Å². The van der Waals surface area contributed by atoms with Crippen LogP contribution in [0.2, 0.25) is 0 Å². The van der Waals surface area contributed by atoms with Gasteiger partial charge in [0.15, 0.2) is 0 Å². The van der Waals surface area contributed by atoms with E-state index in [-0.39, 0.29) is 11.8 Å². The minimum absolute atomic E-state index is 0.119. The number of carbonyl (C=O) groups excluding carboxylic acids is 2. The Kier molecular flexibility index (Phi) is 4.09. The largest absolute Gasteiger partial charge is 0.351 e. The van der Waals surface area contributed by atoms with E-state index < -0.39 is 0 Å². The van der Waals surface area contributed by atoms with Gasteiger partial charge in [-0.2, -0.15) is 5.10 Å². The molecular formula is C16H20N4O2. The molecule has 6 nitrogen and oxygen atoms in total. The molecule has 0 saturated carbocycles. The summed E-state index contributed by atoms with van der Waals surface area (Å²) in [5.41, 5.74) is 2.36. The van der Waals surface area contributed by atoms with Gasteiger partial charge in [0.1, 0.15) is 0 Å². The smallest absolute Gasteiger partial charge is 0.255 e. The predicted molar refractivity (Wildman–Crippen MR) is 82.7 cm³/mol. The summed E-state index contributed by atoms with van der Waals surface area (Å²) in [5.74, 6) is -0.0626. The number of aryl methyl sites for hydroxylation is 1. The topological polar surface area (TPSA) is 66.7 Å². The van der Waals surface area contributed by atoms with Crippen LogP contribution in [-0.4, -0.2) is 46.0 Å². The molecule has 116 valence electrons. The summed E-state index contributed by atoms with van der Waals surface area (Å²) >= 11 is 0. The van der Waals surface area contributed by atoms with Gasteiger partial charge in [-0.05, 0) is 31.4 Å². The SMILES string of the molecule is Cc1cccn2ncc(C(=O)NCCC(=O)N3CCCC3)c12. The van der Waals surface area contributed by atoms with Crippen LogP contribution in [0.1, 0.15) is 35.2 Å². The minimum atomic E-state index is -0.182. The number of likely N-dealkylation sites (tertiary alicyclic amines) is 1. The highest BCUT2D eigenvalue weighted by molar-refractivity contribution is 6.01. The molecule has 0 aliphatic carbocycles. The van der Waals surface area contributed by atoms with Crippen molar-refractivity contribution >= 4 is 17.3 Å². The zero-order chi connectivity index (χ0) is 15.5. The number of pyridine rings is 1. The summed E-state index contributed by atoms with van der Waals surface area (Å²) in [6.07, 6.45) is 5.90. The first kappa shape index (κ1) is 14.6. The van der Waals surface area contributed by atoms with E-state index in [4.69, 9.17) is 0 Å². The molecule has 2 aromatic rings. The van der Waals surface area contributed by atoms with Gasteiger partial charge in [-0.3, -0.25) is 9.59 Å².